The van der Waals surface area contributed by atoms with E-state index in [1.165, 1.54) is 29.5 Å². The Balaban J connectivity index is 2.16. The number of amides is 1. The summed E-state index contributed by atoms with van der Waals surface area (Å²) in [5, 5.41) is 13.8. The van der Waals surface area contributed by atoms with Gasteiger partial charge in [0.25, 0.3) is 5.91 Å². The van der Waals surface area contributed by atoms with Crippen molar-refractivity contribution < 1.29 is 14.3 Å². The lowest BCUT2D eigenvalue weighted by atomic mass is 10.2. The average Bonchev–Trinajstić information content (AvgIpc) is 2.89. The number of anilines is 1. The van der Waals surface area contributed by atoms with Crippen molar-refractivity contribution in [2.75, 3.05) is 11.9 Å². The molecule has 0 saturated carbocycles. The molecule has 1 aromatic heterocycles. The number of aliphatic hydroxyl groups is 1. The molecule has 1 heterocycles. The molecule has 0 radical (unpaired) electrons. The van der Waals surface area contributed by atoms with Gasteiger partial charge in [-0.15, -0.1) is 11.3 Å². The van der Waals surface area contributed by atoms with E-state index in [2.05, 4.69) is 22.1 Å². The van der Waals surface area contributed by atoms with Crippen LogP contribution >= 0.6 is 11.3 Å². The summed E-state index contributed by atoms with van der Waals surface area (Å²) in [6.45, 7) is 1.74. The summed E-state index contributed by atoms with van der Waals surface area (Å²) in [4.78, 5) is 16.0. The molecular formula is C15H13FN2O2S. The molecule has 0 aliphatic rings. The zero-order chi connectivity index (χ0) is 15.2. The van der Waals surface area contributed by atoms with Crippen LogP contribution in [0.25, 0.3) is 0 Å². The molecule has 21 heavy (non-hydrogen) atoms. The van der Waals surface area contributed by atoms with Gasteiger partial charge in [0.2, 0.25) is 0 Å². The quantitative estimate of drug-likeness (QED) is 0.857. The maximum absolute atomic E-state index is 13.6. The van der Waals surface area contributed by atoms with Crippen molar-refractivity contribution in [3.63, 3.8) is 0 Å². The second kappa shape index (κ2) is 6.97. The van der Waals surface area contributed by atoms with Crippen LogP contribution < -0.4 is 5.32 Å². The van der Waals surface area contributed by atoms with Gasteiger partial charge in [0.15, 0.2) is 0 Å². The summed E-state index contributed by atoms with van der Waals surface area (Å²) >= 11 is 1.38. The molecule has 2 N–H and O–H groups in total. The van der Waals surface area contributed by atoms with Crippen LogP contribution in [0.15, 0.2) is 23.6 Å². The molecule has 0 aliphatic heterocycles. The van der Waals surface area contributed by atoms with Crippen LogP contribution in [0, 0.1) is 24.6 Å². The maximum atomic E-state index is 13.6. The fraction of sp³-hybridized carbons (Fsp3) is 0.200. The summed E-state index contributed by atoms with van der Waals surface area (Å²) in [6, 6.07) is 4.16. The number of rotatable bonds is 3. The van der Waals surface area contributed by atoms with Gasteiger partial charge in [-0.1, -0.05) is 11.8 Å². The second-order valence-electron chi connectivity index (χ2n) is 4.18. The van der Waals surface area contributed by atoms with E-state index in [1.54, 1.807) is 5.38 Å². The molecule has 1 amide bonds. The minimum atomic E-state index is -0.469. The third kappa shape index (κ3) is 4.12. The lowest BCUT2D eigenvalue weighted by Crippen LogP contribution is -2.12. The summed E-state index contributed by atoms with van der Waals surface area (Å²) in [6.07, 6.45) is 0.272. The van der Waals surface area contributed by atoms with Gasteiger partial charge in [-0.25, -0.2) is 9.37 Å². The second-order valence-corrected chi connectivity index (χ2v) is 5.24. The average molecular weight is 304 g/mol. The van der Waals surface area contributed by atoms with E-state index < -0.39 is 5.82 Å². The topological polar surface area (TPSA) is 62.2 Å². The van der Waals surface area contributed by atoms with Gasteiger partial charge in [0, 0.05) is 17.5 Å². The first kappa shape index (κ1) is 15.2. The highest BCUT2D eigenvalue weighted by Crippen LogP contribution is 2.16. The molecule has 0 aliphatic carbocycles. The molecule has 0 bridgehead atoms. The first-order valence-corrected chi connectivity index (χ1v) is 7.11. The molecule has 0 atom stereocenters. The highest BCUT2D eigenvalue weighted by Gasteiger charge is 2.10. The summed E-state index contributed by atoms with van der Waals surface area (Å²) in [5.41, 5.74) is 0.950. The Morgan fingerprint density at radius 1 is 1.52 bits per heavy atom. The van der Waals surface area contributed by atoms with Crippen LogP contribution in [0.2, 0.25) is 0 Å². The number of thiazole rings is 1. The SMILES string of the molecule is Cc1nc(C(=O)Nc2ccc(F)c(C#CCCO)c2)cs1. The van der Waals surface area contributed by atoms with Crippen LogP contribution in [-0.2, 0) is 0 Å². The Hall–Kier alpha value is -2.23. The van der Waals surface area contributed by atoms with E-state index in [1.807, 2.05) is 6.92 Å². The summed E-state index contributed by atoms with van der Waals surface area (Å²) < 4.78 is 13.6. The lowest BCUT2D eigenvalue weighted by Gasteiger charge is -2.04. The van der Waals surface area contributed by atoms with Gasteiger partial charge in [-0.05, 0) is 25.1 Å². The van der Waals surface area contributed by atoms with Crippen molar-refractivity contribution in [2.24, 2.45) is 0 Å². The first-order chi connectivity index (χ1) is 10.1. The van der Waals surface area contributed by atoms with Gasteiger partial charge >= 0.3 is 0 Å². The molecular weight excluding hydrogens is 291 g/mol. The van der Waals surface area contributed by atoms with E-state index in [4.69, 9.17) is 5.11 Å². The maximum Gasteiger partial charge on any atom is 0.275 e. The third-order valence-electron chi connectivity index (χ3n) is 2.54. The van der Waals surface area contributed by atoms with Gasteiger partial charge in [-0.3, -0.25) is 4.79 Å². The van der Waals surface area contributed by atoms with Gasteiger partial charge in [-0.2, -0.15) is 0 Å². The van der Waals surface area contributed by atoms with Crippen molar-refractivity contribution in [3.05, 3.63) is 45.7 Å². The first-order valence-electron chi connectivity index (χ1n) is 6.23. The number of nitrogens with zero attached hydrogens (tertiary/aromatic N) is 1. The van der Waals surface area contributed by atoms with E-state index in [-0.39, 0.29) is 24.5 Å². The minimum absolute atomic E-state index is 0.0752. The van der Waals surface area contributed by atoms with Gasteiger partial charge < -0.3 is 10.4 Å². The molecule has 4 nitrogen and oxygen atoms in total. The number of benzene rings is 1. The van der Waals surface area contributed by atoms with E-state index in [0.717, 1.165) is 5.01 Å². The number of carbonyl (C=O) groups is 1. The Morgan fingerprint density at radius 2 is 2.33 bits per heavy atom. The molecule has 0 unspecified atom stereocenters. The summed E-state index contributed by atoms with van der Waals surface area (Å²) in [5.74, 6) is 4.45. The Morgan fingerprint density at radius 3 is 3.00 bits per heavy atom. The van der Waals surface area contributed by atoms with E-state index in [9.17, 15) is 9.18 Å². The molecule has 0 saturated heterocycles. The van der Waals surface area contributed by atoms with E-state index in [0.29, 0.717) is 11.4 Å². The molecule has 2 rings (SSSR count). The van der Waals surface area contributed by atoms with Crippen molar-refractivity contribution in [3.8, 4) is 11.8 Å². The van der Waals surface area contributed by atoms with E-state index >= 15 is 0 Å². The monoisotopic (exact) mass is 304 g/mol. The predicted octanol–water partition coefficient (Wildman–Crippen LogP) is 2.58. The largest absolute Gasteiger partial charge is 0.395 e. The standard InChI is InChI=1S/C15H13FN2O2S/c1-10-17-14(9-21-10)15(20)18-12-5-6-13(16)11(8-12)4-2-3-7-19/h5-6,8-9,19H,3,7H2,1H3,(H,18,20). The number of aryl methyl sites for hydroxylation is 1. The third-order valence-corrected chi connectivity index (χ3v) is 3.31. The highest BCUT2D eigenvalue weighted by atomic mass is 32.1. The summed E-state index contributed by atoms with van der Waals surface area (Å²) in [7, 11) is 0. The highest BCUT2D eigenvalue weighted by molar-refractivity contribution is 7.09. The Bertz CT molecular complexity index is 716. The van der Waals surface area contributed by atoms with Gasteiger partial charge in [0.1, 0.15) is 11.5 Å². The number of carbonyl (C=O) groups excluding carboxylic acids is 1. The van der Waals surface area contributed by atoms with Crippen LogP contribution in [0.1, 0.15) is 27.5 Å². The molecule has 2 aromatic rings. The normalized spacial score (nSPS) is 9.86. The van der Waals surface area contributed by atoms with Gasteiger partial charge in [0.05, 0.1) is 17.2 Å². The minimum Gasteiger partial charge on any atom is -0.395 e. The number of halogens is 1. The smallest absolute Gasteiger partial charge is 0.275 e. The van der Waals surface area contributed by atoms with Crippen molar-refractivity contribution in [2.45, 2.75) is 13.3 Å². The number of hydrogen-bond donors (Lipinski definition) is 2. The Kier molecular flexibility index (Phi) is 5.04. The predicted molar refractivity (Wildman–Crippen MR) is 79.8 cm³/mol. The Labute approximate surface area is 125 Å². The van der Waals surface area contributed by atoms with Crippen molar-refractivity contribution in [1.82, 2.24) is 4.98 Å². The van der Waals surface area contributed by atoms with Crippen LogP contribution in [-0.4, -0.2) is 22.6 Å². The fourth-order valence-corrected chi connectivity index (χ4v) is 2.17. The van der Waals surface area contributed by atoms with Crippen LogP contribution in [0.3, 0.4) is 0 Å². The molecule has 1 aromatic carbocycles. The number of aromatic nitrogens is 1. The zero-order valence-corrected chi connectivity index (χ0v) is 12.1. The number of hydrogen-bond acceptors (Lipinski definition) is 4. The molecule has 108 valence electrons. The van der Waals surface area contributed by atoms with Crippen LogP contribution in [0.4, 0.5) is 10.1 Å². The van der Waals surface area contributed by atoms with Crippen LogP contribution in [0.5, 0.6) is 0 Å². The fourth-order valence-electron chi connectivity index (χ4n) is 1.58. The van der Waals surface area contributed by atoms with Crippen molar-refractivity contribution in [1.29, 1.82) is 0 Å². The zero-order valence-electron chi connectivity index (χ0n) is 11.3. The number of nitrogens with one attached hydrogen (secondary N) is 1. The number of aliphatic hydroxyl groups excluding tert-OH is 1. The van der Waals surface area contributed by atoms with Crippen molar-refractivity contribution >= 4 is 22.9 Å². The molecule has 0 spiro atoms. The lowest BCUT2D eigenvalue weighted by molar-refractivity contribution is 0.102. The molecule has 6 heteroatoms. The molecule has 0 fully saturated rings.